The summed E-state index contributed by atoms with van der Waals surface area (Å²) in [6, 6.07) is 0.267. The summed E-state index contributed by atoms with van der Waals surface area (Å²) in [5, 5.41) is 4.17. The van der Waals surface area contributed by atoms with Crippen molar-refractivity contribution in [1.82, 2.24) is 9.78 Å². The van der Waals surface area contributed by atoms with E-state index in [4.69, 9.17) is 10.5 Å². The minimum Gasteiger partial charge on any atom is -0.462 e. The zero-order chi connectivity index (χ0) is 11.7. The van der Waals surface area contributed by atoms with Crippen molar-refractivity contribution in [3.63, 3.8) is 0 Å². The first-order chi connectivity index (χ1) is 7.65. The van der Waals surface area contributed by atoms with E-state index in [0.717, 1.165) is 0 Å². The minimum absolute atomic E-state index is 0.267. The molecule has 1 aliphatic rings. The van der Waals surface area contributed by atoms with Gasteiger partial charge in [0.2, 0.25) is 0 Å². The number of nitrogens with two attached hydrogens (primary N) is 1. The van der Waals surface area contributed by atoms with Gasteiger partial charge >= 0.3 is 5.97 Å². The number of carbonyl (C=O) groups excluding carboxylic acids is 1. The molecule has 0 amide bonds. The molecule has 0 spiro atoms. The van der Waals surface area contributed by atoms with Crippen LogP contribution in [0.25, 0.3) is 0 Å². The summed E-state index contributed by atoms with van der Waals surface area (Å²) in [4.78, 5) is 11.5. The third kappa shape index (κ3) is 1.89. The highest BCUT2D eigenvalue weighted by Gasteiger charge is 2.31. The summed E-state index contributed by atoms with van der Waals surface area (Å²) in [6.45, 7) is 4.20. The maximum absolute atomic E-state index is 11.5. The van der Waals surface area contributed by atoms with Crippen molar-refractivity contribution in [1.29, 1.82) is 0 Å². The Balaban J connectivity index is 2.19. The number of carbonyl (C=O) groups is 1. The largest absolute Gasteiger partial charge is 0.462 e. The van der Waals surface area contributed by atoms with E-state index >= 15 is 0 Å². The first-order valence-electron chi connectivity index (χ1n) is 5.65. The third-order valence-electron chi connectivity index (χ3n) is 3.02. The fraction of sp³-hybridized carbons (Fsp3) is 0.636. The Bertz CT molecular complexity index is 396. The fourth-order valence-corrected chi connectivity index (χ4v) is 1.84. The van der Waals surface area contributed by atoms with Gasteiger partial charge in [-0.05, 0) is 32.6 Å². The SMILES string of the molecule is CCOC(=O)c1cnn(C(C)C2CC2)c1N. The summed E-state index contributed by atoms with van der Waals surface area (Å²) in [5.41, 5.74) is 6.27. The number of nitrogens with zero attached hydrogens (tertiary/aromatic N) is 2. The zero-order valence-electron chi connectivity index (χ0n) is 9.64. The topological polar surface area (TPSA) is 70.1 Å². The zero-order valence-corrected chi connectivity index (χ0v) is 9.64. The van der Waals surface area contributed by atoms with Crippen molar-refractivity contribution in [2.75, 3.05) is 12.3 Å². The molecular formula is C11H17N3O2. The molecule has 0 bridgehead atoms. The van der Waals surface area contributed by atoms with E-state index in [1.807, 2.05) is 0 Å². The van der Waals surface area contributed by atoms with Crippen LogP contribution in [0.5, 0.6) is 0 Å². The number of anilines is 1. The molecule has 88 valence electrons. The number of hydrogen-bond acceptors (Lipinski definition) is 4. The van der Waals surface area contributed by atoms with E-state index in [0.29, 0.717) is 23.9 Å². The maximum atomic E-state index is 11.5. The molecule has 2 rings (SSSR count). The van der Waals surface area contributed by atoms with Crippen molar-refractivity contribution in [3.8, 4) is 0 Å². The number of aromatic nitrogens is 2. The molecule has 1 heterocycles. The fourth-order valence-electron chi connectivity index (χ4n) is 1.84. The van der Waals surface area contributed by atoms with E-state index in [9.17, 15) is 4.79 Å². The van der Waals surface area contributed by atoms with E-state index in [2.05, 4.69) is 12.0 Å². The van der Waals surface area contributed by atoms with Gasteiger partial charge in [-0.2, -0.15) is 5.10 Å². The number of hydrogen-bond donors (Lipinski definition) is 1. The molecule has 5 heteroatoms. The van der Waals surface area contributed by atoms with Gasteiger partial charge in [0, 0.05) is 0 Å². The quantitative estimate of drug-likeness (QED) is 0.787. The molecule has 16 heavy (non-hydrogen) atoms. The van der Waals surface area contributed by atoms with Gasteiger partial charge in [0.25, 0.3) is 0 Å². The normalized spacial score (nSPS) is 17.1. The number of esters is 1. The first-order valence-corrected chi connectivity index (χ1v) is 5.65. The van der Waals surface area contributed by atoms with E-state index < -0.39 is 5.97 Å². The lowest BCUT2D eigenvalue weighted by atomic mass is 10.2. The van der Waals surface area contributed by atoms with Crippen LogP contribution in [0.4, 0.5) is 5.82 Å². The van der Waals surface area contributed by atoms with Crippen LogP contribution in [0.3, 0.4) is 0 Å². The van der Waals surface area contributed by atoms with Crippen molar-refractivity contribution in [2.24, 2.45) is 5.92 Å². The van der Waals surface area contributed by atoms with Gasteiger partial charge in [-0.3, -0.25) is 0 Å². The monoisotopic (exact) mass is 223 g/mol. The Morgan fingerprint density at radius 1 is 1.75 bits per heavy atom. The Morgan fingerprint density at radius 2 is 2.44 bits per heavy atom. The van der Waals surface area contributed by atoms with Crippen LogP contribution in [-0.2, 0) is 4.74 Å². The number of nitrogen functional groups attached to an aromatic ring is 1. The molecule has 1 saturated carbocycles. The smallest absolute Gasteiger partial charge is 0.343 e. The van der Waals surface area contributed by atoms with Gasteiger partial charge < -0.3 is 10.5 Å². The molecular weight excluding hydrogens is 206 g/mol. The molecule has 0 saturated heterocycles. The summed E-state index contributed by atoms with van der Waals surface area (Å²) < 4.78 is 6.63. The molecule has 1 aromatic rings. The van der Waals surface area contributed by atoms with Crippen LogP contribution < -0.4 is 5.73 Å². The van der Waals surface area contributed by atoms with E-state index in [-0.39, 0.29) is 6.04 Å². The summed E-state index contributed by atoms with van der Waals surface area (Å²) >= 11 is 0. The van der Waals surface area contributed by atoms with Crippen molar-refractivity contribution in [3.05, 3.63) is 11.8 Å². The predicted molar refractivity (Wildman–Crippen MR) is 60.0 cm³/mol. The molecule has 0 aromatic carbocycles. The molecule has 0 aliphatic heterocycles. The van der Waals surface area contributed by atoms with Crippen LogP contribution in [0.1, 0.15) is 43.1 Å². The lowest BCUT2D eigenvalue weighted by Crippen LogP contribution is -2.14. The molecule has 1 aromatic heterocycles. The number of ether oxygens (including phenoxy) is 1. The van der Waals surface area contributed by atoms with Crippen molar-refractivity contribution in [2.45, 2.75) is 32.7 Å². The maximum Gasteiger partial charge on any atom is 0.343 e. The number of rotatable bonds is 4. The Morgan fingerprint density at radius 3 is 3.00 bits per heavy atom. The van der Waals surface area contributed by atoms with Gasteiger partial charge in [0.15, 0.2) is 0 Å². The Kier molecular flexibility index (Phi) is 2.85. The van der Waals surface area contributed by atoms with Gasteiger partial charge in [-0.15, -0.1) is 0 Å². The second-order valence-corrected chi connectivity index (χ2v) is 4.19. The minimum atomic E-state index is -0.394. The third-order valence-corrected chi connectivity index (χ3v) is 3.02. The highest BCUT2D eigenvalue weighted by molar-refractivity contribution is 5.93. The lowest BCUT2D eigenvalue weighted by molar-refractivity contribution is 0.0527. The average molecular weight is 223 g/mol. The molecule has 0 radical (unpaired) electrons. The molecule has 5 nitrogen and oxygen atoms in total. The Hall–Kier alpha value is -1.52. The van der Waals surface area contributed by atoms with Crippen molar-refractivity contribution < 1.29 is 9.53 Å². The van der Waals surface area contributed by atoms with Gasteiger partial charge in [-0.1, -0.05) is 0 Å². The van der Waals surface area contributed by atoms with Gasteiger partial charge in [0.05, 0.1) is 18.8 Å². The standard InChI is InChI=1S/C11H17N3O2/c1-3-16-11(15)9-6-13-14(10(9)12)7(2)8-4-5-8/h6-8H,3-5,12H2,1-2H3. The predicted octanol–water partition coefficient (Wildman–Crippen LogP) is 1.61. The lowest BCUT2D eigenvalue weighted by Gasteiger charge is -2.12. The van der Waals surface area contributed by atoms with Gasteiger partial charge in [0.1, 0.15) is 11.4 Å². The van der Waals surface area contributed by atoms with Gasteiger partial charge in [-0.25, -0.2) is 9.48 Å². The first kappa shape index (κ1) is 11.0. The van der Waals surface area contributed by atoms with Crippen LogP contribution in [0.2, 0.25) is 0 Å². The molecule has 1 aliphatic carbocycles. The van der Waals surface area contributed by atoms with Crippen LogP contribution >= 0.6 is 0 Å². The summed E-state index contributed by atoms with van der Waals surface area (Å²) in [6.07, 6.45) is 3.93. The van der Waals surface area contributed by atoms with Crippen LogP contribution in [-0.4, -0.2) is 22.4 Å². The Labute approximate surface area is 94.6 Å². The highest BCUT2D eigenvalue weighted by atomic mass is 16.5. The second-order valence-electron chi connectivity index (χ2n) is 4.19. The van der Waals surface area contributed by atoms with Crippen LogP contribution in [0.15, 0.2) is 6.20 Å². The van der Waals surface area contributed by atoms with E-state index in [1.165, 1.54) is 19.0 Å². The summed E-state index contributed by atoms with van der Waals surface area (Å²) in [7, 11) is 0. The second kappa shape index (κ2) is 4.15. The molecule has 1 fully saturated rings. The van der Waals surface area contributed by atoms with E-state index in [1.54, 1.807) is 11.6 Å². The average Bonchev–Trinajstić information content (AvgIpc) is 3.02. The molecule has 1 unspecified atom stereocenters. The summed E-state index contributed by atoms with van der Waals surface area (Å²) in [5.74, 6) is 0.671. The highest BCUT2D eigenvalue weighted by Crippen LogP contribution is 2.40. The molecule has 2 N–H and O–H groups in total. The molecule has 1 atom stereocenters. The van der Waals surface area contributed by atoms with Crippen molar-refractivity contribution >= 4 is 11.8 Å². The van der Waals surface area contributed by atoms with Crippen LogP contribution in [0, 0.1) is 5.92 Å².